The molecule has 0 aliphatic heterocycles. The zero-order valence-electron chi connectivity index (χ0n) is 13.8. The SMILES string of the molecule is CCNC(C)(CC)C(C)(C)NC(=O)c1noc(CO)c1C. The first kappa shape index (κ1) is 17.7. The number of rotatable bonds is 7. The largest absolute Gasteiger partial charge is 0.388 e. The fourth-order valence-electron chi connectivity index (χ4n) is 2.39. The number of carbonyl (C=O) groups excluding carboxylic acids is 1. The molecule has 1 amide bonds. The van der Waals surface area contributed by atoms with Gasteiger partial charge in [-0.25, -0.2) is 0 Å². The Kier molecular flexibility index (Phi) is 5.53. The van der Waals surface area contributed by atoms with E-state index in [0.717, 1.165) is 13.0 Å². The number of amides is 1. The van der Waals surface area contributed by atoms with Crippen LogP contribution in [0.4, 0.5) is 0 Å². The number of hydrogen-bond donors (Lipinski definition) is 3. The van der Waals surface area contributed by atoms with Crippen LogP contribution in [0.3, 0.4) is 0 Å². The second-order valence-corrected chi connectivity index (χ2v) is 6.03. The molecule has 1 aromatic heterocycles. The van der Waals surface area contributed by atoms with Crippen molar-refractivity contribution in [2.24, 2.45) is 0 Å². The smallest absolute Gasteiger partial charge is 0.274 e. The van der Waals surface area contributed by atoms with Gasteiger partial charge in [0.1, 0.15) is 6.61 Å². The molecule has 6 nitrogen and oxygen atoms in total. The number of aliphatic hydroxyl groups is 1. The van der Waals surface area contributed by atoms with E-state index in [2.05, 4.69) is 29.6 Å². The van der Waals surface area contributed by atoms with Crippen molar-refractivity contribution < 1.29 is 14.4 Å². The average Bonchev–Trinajstić information content (AvgIpc) is 2.79. The van der Waals surface area contributed by atoms with E-state index < -0.39 is 5.54 Å². The van der Waals surface area contributed by atoms with E-state index in [4.69, 9.17) is 9.63 Å². The summed E-state index contributed by atoms with van der Waals surface area (Å²) in [4.78, 5) is 12.4. The third-order valence-corrected chi connectivity index (χ3v) is 4.46. The van der Waals surface area contributed by atoms with E-state index >= 15 is 0 Å². The third-order valence-electron chi connectivity index (χ3n) is 4.46. The van der Waals surface area contributed by atoms with Crippen LogP contribution in [-0.4, -0.2) is 33.8 Å². The Morgan fingerprint density at radius 2 is 1.95 bits per heavy atom. The first-order valence-corrected chi connectivity index (χ1v) is 7.36. The van der Waals surface area contributed by atoms with Crippen LogP contribution in [0.15, 0.2) is 4.52 Å². The number of aliphatic hydroxyl groups excluding tert-OH is 1. The minimum Gasteiger partial charge on any atom is -0.388 e. The quantitative estimate of drug-likeness (QED) is 0.714. The predicted molar refractivity (Wildman–Crippen MR) is 81.1 cm³/mol. The Morgan fingerprint density at radius 3 is 2.38 bits per heavy atom. The second kappa shape index (κ2) is 6.58. The van der Waals surface area contributed by atoms with Gasteiger partial charge in [0, 0.05) is 11.1 Å². The van der Waals surface area contributed by atoms with Gasteiger partial charge in [-0.3, -0.25) is 4.79 Å². The molecule has 120 valence electrons. The topological polar surface area (TPSA) is 87.4 Å². The molecular weight excluding hydrogens is 270 g/mol. The molecule has 1 heterocycles. The lowest BCUT2D eigenvalue weighted by molar-refractivity contribution is 0.0825. The normalized spacial score (nSPS) is 14.8. The van der Waals surface area contributed by atoms with Crippen LogP contribution in [0.5, 0.6) is 0 Å². The van der Waals surface area contributed by atoms with Gasteiger partial charge in [-0.05, 0) is 40.7 Å². The van der Waals surface area contributed by atoms with E-state index in [-0.39, 0.29) is 23.7 Å². The Morgan fingerprint density at radius 1 is 1.33 bits per heavy atom. The van der Waals surface area contributed by atoms with Crippen LogP contribution in [-0.2, 0) is 6.61 Å². The lowest BCUT2D eigenvalue weighted by Crippen LogP contribution is -2.65. The van der Waals surface area contributed by atoms with Crippen LogP contribution in [0.25, 0.3) is 0 Å². The number of hydrogen-bond acceptors (Lipinski definition) is 5. The lowest BCUT2D eigenvalue weighted by atomic mass is 9.78. The highest BCUT2D eigenvalue weighted by Crippen LogP contribution is 2.26. The molecule has 0 saturated heterocycles. The summed E-state index contributed by atoms with van der Waals surface area (Å²) in [7, 11) is 0. The van der Waals surface area contributed by atoms with E-state index in [1.165, 1.54) is 0 Å². The molecule has 1 atom stereocenters. The van der Waals surface area contributed by atoms with Gasteiger partial charge in [-0.15, -0.1) is 0 Å². The minimum absolute atomic E-state index is 0.224. The van der Waals surface area contributed by atoms with Crippen molar-refractivity contribution >= 4 is 5.91 Å². The minimum atomic E-state index is -0.473. The molecule has 6 heteroatoms. The highest BCUT2D eigenvalue weighted by Gasteiger charge is 2.40. The molecule has 1 rings (SSSR count). The number of nitrogens with zero attached hydrogens (tertiary/aromatic N) is 1. The molecule has 0 bridgehead atoms. The van der Waals surface area contributed by atoms with E-state index in [0.29, 0.717) is 11.3 Å². The molecule has 0 aliphatic carbocycles. The summed E-state index contributed by atoms with van der Waals surface area (Å²) in [5.41, 5.74) is 0.0867. The monoisotopic (exact) mass is 297 g/mol. The van der Waals surface area contributed by atoms with Crippen molar-refractivity contribution in [2.75, 3.05) is 6.54 Å². The van der Waals surface area contributed by atoms with Crippen molar-refractivity contribution in [2.45, 2.75) is 65.6 Å². The fourth-order valence-corrected chi connectivity index (χ4v) is 2.39. The molecule has 0 spiro atoms. The van der Waals surface area contributed by atoms with Crippen LogP contribution in [0, 0.1) is 6.92 Å². The zero-order chi connectivity index (χ0) is 16.3. The van der Waals surface area contributed by atoms with Crippen molar-refractivity contribution in [3.05, 3.63) is 17.0 Å². The summed E-state index contributed by atoms with van der Waals surface area (Å²) in [6.07, 6.45) is 0.869. The van der Waals surface area contributed by atoms with Gasteiger partial charge in [0.25, 0.3) is 5.91 Å². The lowest BCUT2D eigenvalue weighted by Gasteiger charge is -2.45. The molecule has 21 heavy (non-hydrogen) atoms. The fraction of sp³-hybridized carbons (Fsp3) is 0.733. The number of likely N-dealkylation sites (N-methyl/N-ethyl adjacent to an activating group) is 1. The molecule has 0 radical (unpaired) electrons. The van der Waals surface area contributed by atoms with Crippen molar-refractivity contribution in [1.29, 1.82) is 0 Å². The average molecular weight is 297 g/mol. The first-order valence-electron chi connectivity index (χ1n) is 7.36. The van der Waals surface area contributed by atoms with Crippen LogP contribution >= 0.6 is 0 Å². The standard InChI is InChI=1S/C15H27N3O3/c1-7-15(6,16-8-2)14(4,5)17-13(20)12-10(3)11(9-19)21-18-12/h16,19H,7-9H2,1-6H3,(H,17,20). The summed E-state index contributed by atoms with van der Waals surface area (Å²) in [5, 5.41) is 19.3. The number of nitrogens with one attached hydrogen (secondary N) is 2. The Bertz CT molecular complexity index is 496. The van der Waals surface area contributed by atoms with Crippen molar-refractivity contribution in [3.8, 4) is 0 Å². The van der Waals surface area contributed by atoms with Crippen molar-refractivity contribution in [3.63, 3.8) is 0 Å². The predicted octanol–water partition coefficient (Wildman–Crippen LogP) is 1.76. The molecule has 1 aromatic rings. The van der Waals surface area contributed by atoms with E-state index in [9.17, 15) is 4.79 Å². The van der Waals surface area contributed by atoms with Crippen LogP contribution in [0.2, 0.25) is 0 Å². The van der Waals surface area contributed by atoms with Crippen LogP contribution in [0.1, 0.15) is 62.9 Å². The van der Waals surface area contributed by atoms with E-state index in [1.807, 2.05) is 20.8 Å². The maximum Gasteiger partial charge on any atom is 0.274 e. The third kappa shape index (κ3) is 3.44. The summed E-state index contributed by atoms with van der Waals surface area (Å²) < 4.78 is 4.96. The number of carbonyl (C=O) groups is 1. The molecule has 0 fully saturated rings. The molecule has 0 saturated carbocycles. The van der Waals surface area contributed by atoms with Gasteiger partial charge in [0.05, 0.1) is 5.54 Å². The summed E-state index contributed by atoms with van der Waals surface area (Å²) in [5.74, 6) is 0.0291. The molecule has 0 aliphatic rings. The van der Waals surface area contributed by atoms with Crippen molar-refractivity contribution in [1.82, 2.24) is 15.8 Å². The first-order chi connectivity index (χ1) is 9.72. The van der Waals surface area contributed by atoms with Gasteiger partial charge < -0.3 is 20.3 Å². The maximum absolute atomic E-state index is 12.4. The summed E-state index contributed by atoms with van der Waals surface area (Å²) in [6, 6.07) is 0. The second-order valence-electron chi connectivity index (χ2n) is 6.03. The summed E-state index contributed by atoms with van der Waals surface area (Å²) >= 11 is 0. The van der Waals surface area contributed by atoms with Gasteiger partial charge in [-0.1, -0.05) is 19.0 Å². The zero-order valence-corrected chi connectivity index (χ0v) is 13.8. The van der Waals surface area contributed by atoms with Gasteiger partial charge in [0.15, 0.2) is 11.5 Å². The number of aromatic nitrogens is 1. The van der Waals surface area contributed by atoms with Gasteiger partial charge in [0.2, 0.25) is 0 Å². The molecule has 3 N–H and O–H groups in total. The highest BCUT2D eigenvalue weighted by molar-refractivity contribution is 5.94. The van der Waals surface area contributed by atoms with Gasteiger partial charge >= 0.3 is 0 Å². The Hall–Kier alpha value is -1.40. The van der Waals surface area contributed by atoms with Gasteiger partial charge in [-0.2, -0.15) is 0 Å². The van der Waals surface area contributed by atoms with E-state index in [1.54, 1.807) is 6.92 Å². The summed E-state index contributed by atoms with van der Waals surface area (Å²) in [6.45, 7) is 12.5. The molecule has 0 aromatic carbocycles. The van der Waals surface area contributed by atoms with Crippen LogP contribution < -0.4 is 10.6 Å². The highest BCUT2D eigenvalue weighted by atomic mass is 16.5. The maximum atomic E-state index is 12.4. The molecular formula is C15H27N3O3. The Labute approximate surface area is 126 Å². The Balaban J connectivity index is 2.97. The molecule has 1 unspecified atom stereocenters.